The van der Waals surface area contributed by atoms with Gasteiger partial charge in [0.1, 0.15) is 11.2 Å². The topological polar surface area (TPSA) is 19.6 Å². The van der Waals surface area contributed by atoms with Crippen LogP contribution in [0.15, 0.2) is 95.4 Å². The zero-order chi connectivity index (χ0) is 48.9. The predicted molar refractivity (Wildman–Crippen MR) is 297 cm³/mol. The standard InChI is InChI=1S/C65H75BN2O/c1-38-29-54-57-55(30-38)68(40-31-42-41-19-17-18-20-56(41)69-58(42)49(33-40)59(2,3)4)53-37-48-46(63(11,12)26-28-65(48,15)16)35-51(53)66(57)50-34-45-47(64(13,14)27-25-62(45,9)10)36-52(50)67(54)39-21-22-43-44(32-39)61(7,8)24-23-60(43,5)6/h17-22,29-37H,23-28H2,1-16H3. The van der Waals surface area contributed by atoms with Crippen molar-refractivity contribution in [2.75, 3.05) is 9.80 Å². The quantitative estimate of drug-likeness (QED) is 0.161. The molecule has 69 heavy (non-hydrogen) atoms. The molecule has 0 unspecified atom stereocenters. The van der Waals surface area contributed by atoms with Crippen LogP contribution in [-0.2, 0) is 37.9 Å². The van der Waals surface area contributed by atoms with E-state index in [9.17, 15) is 0 Å². The molecule has 0 spiro atoms. The highest BCUT2D eigenvalue weighted by atomic mass is 16.3. The maximum atomic E-state index is 6.82. The van der Waals surface area contributed by atoms with Crippen molar-refractivity contribution >= 4 is 79.2 Å². The van der Waals surface area contributed by atoms with E-state index in [-0.39, 0.29) is 44.6 Å². The number of hydrogen-bond acceptors (Lipinski definition) is 3. The maximum absolute atomic E-state index is 6.82. The number of aryl methyl sites for hydroxylation is 1. The number of anilines is 6. The lowest BCUT2D eigenvalue weighted by Gasteiger charge is -2.49. The van der Waals surface area contributed by atoms with Crippen molar-refractivity contribution in [2.45, 2.75) is 187 Å². The fourth-order valence-electron chi connectivity index (χ4n) is 14.0. The van der Waals surface area contributed by atoms with Gasteiger partial charge in [0.15, 0.2) is 0 Å². The maximum Gasteiger partial charge on any atom is 0.252 e. The Balaban J connectivity index is 1.23. The Hall–Kier alpha value is -5.22. The van der Waals surface area contributed by atoms with Crippen LogP contribution in [0.4, 0.5) is 34.1 Å². The van der Waals surface area contributed by atoms with Crippen molar-refractivity contribution in [1.82, 2.24) is 0 Å². The van der Waals surface area contributed by atoms with Crippen LogP contribution in [0.3, 0.4) is 0 Å². The Morgan fingerprint density at radius 1 is 0.449 bits per heavy atom. The van der Waals surface area contributed by atoms with Crippen LogP contribution in [-0.4, -0.2) is 6.71 Å². The van der Waals surface area contributed by atoms with Crippen LogP contribution in [0, 0.1) is 6.92 Å². The van der Waals surface area contributed by atoms with E-state index in [1.54, 1.807) is 0 Å². The number of hydrogen-bond donors (Lipinski definition) is 0. The molecule has 0 radical (unpaired) electrons. The van der Waals surface area contributed by atoms with Gasteiger partial charge in [-0.05, 0) is 193 Å². The van der Waals surface area contributed by atoms with Gasteiger partial charge < -0.3 is 14.2 Å². The second-order valence-corrected chi connectivity index (χ2v) is 27.5. The van der Waals surface area contributed by atoms with Gasteiger partial charge in [0.2, 0.25) is 0 Å². The summed E-state index contributed by atoms with van der Waals surface area (Å²) in [6.45, 7) is 39.2. The monoisotopic (exact) mass is 911 g/mol. The zero-order valence-corrected chi connectivity index (χ0v) is 44.8. The predicted octanol–water partition coefficient (Wildman–Crippen LogP) is 16.3. The molecule has 0 fully saturated rings. The average Bonchev–Trinajstić information content (AvgIpc) is 3.65. The second-order valence-electron chi connectivity index (χ2n) is 27.5. The van der Waals surface area contributed by atoms with Gasteiger partial charge in [-0.1, -0.05) is 140 Å². The van der Waals surface area contributed by atoms with Crippen LogP contribution in [0.1, 0.15) is 187 Å². The van der Waals surface area contributed by atoms with Gasteiger partial charge in [-0.3, -0.25) is 0 Å². The van der Waals surface area contributed by atoms with Gasteiger partial charge in [0.05, 0.1) is 0 Å². The SMILES string of the molecule is Cc1cc2c3c(c1)N(c1cc(C(C)(C)C)c4oc5ccccc5c4c1)c1cc4c(cc1B3c1cc3c(cc1N2c1ccc2c(c1)C(C)(C)CCC2(C)C)C(C)(C)CCC3(C)C)C(C)(C)CCC4(C)C. The molecular weight excluding hydrogens is 836 g/mol. The average molecular weight is 911 g/mol. The molecule has 1 aromatic heterocycles. The van der Waals surface area contributed by atoms with Crippen molar-refractivity contribution in [2.24, 2.45) is 0 Å². The van der Waals surface area contributed by atoms with Crippen molar-refractivity contribution in [3.63, 3.8) is 0 Å². The Bertz CT molecular complexity index is 3360. The summed E-state index contributed by atoms with van der Waals surface area (Å²) in [4.78, 5) is 5.41. The van der Waals surface area contributed by atoms with Crippen LogP contribution >= 0.6 is 0 Å². The molecule has 7 aromatic rings. The highest BCUT2D eigenvalue weighted by Gasteiger charge is 2.49. The van der Waals surface area contributed by atoms with E-state index >= 15 is 0 Å². The van der Waals surface area contributed by atoms with Gasteiger partial charge in [-0.25, -0.2) is 0 Å². The van der Waals surface area contributed by atoms with E-state index in [0.29, 0.717) is 0 Å². The van der Waals surface area contributed by atoms with Crippen molar-refractivity contribution < 1.29 is 4.42 Å². The fraction of sp³-hybridized carbons (Fsp3) is 0.446. The van der Waals surface area contributed by atoms with Gasteiger partial charge in [-0.2, -0.15) is 0 Å². The molecule has 0 amide bonds. The smallest absolute Gasteiger partial charge is 0.252 e. The van der Waals surface area contributed by atoms with E-state index in [1.807, 2.05) is 0 Å². The first-order valence-electron chi connectivity index (χ1n) is 26.4. The van der Waals surface area contributed by atoms with E-state index < -0.39 is 0 Å². The minimum Gasteiger partial charge on any atom is -0.456 e. The van der Waals surface area contributed by atoms with Crippen molar-refractivity contribution in [3.8, 4) is 0 Å². The minimum absolute atomic E-state index is 0.0373. The number of furan rings is 1. The molecule has 0 saturated carbocycles. The Morgan fingerprint density at radius 2 is 0.899 bits per heavy atom. The van der Waals surface area contributed by atoms with Crippen LogP contribution in [0.2, 0.25) is 0 Å². The second kappa shape index (κ2) is 14.0. The first-order valence-corrected chi connectivity index (χ1v) is 26.4. The summed E-state index contributed by atoms with van der Waals surface area (Å²) in [5, 5.41) is 2.35. The number of rotatable bonds is 2. The van der Waals surface area contributed by atoms with E-state index in [1.165, 1.54) is 144 Å². The molecule has 3 nitrogen and oxygen atoms in total. The molecular formula is C65H75BN2O. The molecule has 3 heterocycles. The molecule has 0 N–H and O–H groups in total. The lowest BCUT2D eigenvalue weighted by Crippen LogP contribution is -2.62. The molecule has 6 aromatic carbocycles. The molecule has 2 aliphatic heterocycles. The molecule has 5 aliphatic rings. The number of benzene rings is 6. The van der Waals surface area contributed by atoms with Gasteiger partial charge >= 0.3 is 0 Å². The summed E-state index contributed by atoms with van der Waals surface area (Å²) in [5.74, 6) is 0. The fourth-order valence-corrected chi connectivity index (χ4v) is 14.0. The van der Waals surface area contributed by atoms with Crippen molar-refractivity contribution in [3.05, 3.63) is 136 Å². The summed E-state index contributed by atoms with van der Waals surface area (Å²) >= 11 is 0. The third-order valence-corrected chi connectivity index (χ3v) is 18.8. The van der Waals surface area contributed by atoms with E-state index in [2.05, 4.69) is 212 Å². The molecule has 0 bridgehead atoms. The number of para-hydroxylation sites is 1. The Labute approximate surface area is 414 Å². The molecule has 0 saturated heterocycles. The Kier molecular flexibility index (Phi) is 9.13. The lowest BCUT2D eigenvalue weighted by atomic mass is 9.32. The van der Waals surface area contributed by atoms with Crippen LogP contribution in [0.25, 0.3) is 21.9 Å². The minimum atomic E-state index is -0.165. The first-order chi connectivity index (χ1) is 32.2. The zero-order valence-electron chi connectivity index (χ0n) is 44.8. The van der Waals surface area contributed by atoms with E-state index in [4.69, 9.17) is 4.42 Å². The third-order valence-electron chi connectivity index (χ3n) is 18.8. The van der Waals surface area contributed by atoms with E-state index in [0.717, 1.165) is 11.2 Å². The normalized spacial score (nSPS) is 20.7. The molecule has 12 rings (SSSR count). The number of nitrogens with zero attached hydrogens (tertiary/aromatic N) is 2. The lowest BCUT2D eigenvalue weighted by molar-refractivity contribution is 0.332. The summed E-state index contributed by atoms with van der Waals surface area (Å²) < 4.78 is 6.82. The van der Waals surface area contributed by atoms with Crippen LogP contribution < -0.4 is 26.2 Å². The molecule has 3 aliphatic carbocycles. The summed E-state index contributed by atoms with van der Waals surface area (Å²) in [7, 11) is 0. The summed E-state index contributed by atoms with van der Waals surface area (Å²) in [6.07, 6.45) is 7.08. The number of fused-ring (bicyclic) bond motifs is 10. The van der Waals surface area contributed by atoms with Crippen molar-refractivity contribution in [1.29, 1.82) is 0 Å². The summed E-state index contributed by atoms with van der Waals surface area (Å²) in [5.41, 5.74) is 25.7. The first kappa shape index (κ1) is 45.0. The Morgan fingerprint density at radius 3 is 1.41 bits per heavy atom. The highest BCUT2D eigenvalue weighted by molar-refractivity contribution is 7.00. The van der Waals surface area contributed by atoms with Gasteiger partial charge in [0.25, 0.3) is 6.71 Å². The molecule has 4 heteroatoms. The molecule has 0 atom stereocenters. The third kappa shape index (κ3) is 6.44. The largest absolute Gasteiger partial charge is 0.456 e. The van der Waals surface area contributed by atoms with Crippen LogP contribution in [0.5, 0.6) is 0 Å². The summed E-state index contributed by atoms with van der Waals surface area (Å²) in [6, 6.07) is 36.9. The van der Waals surface area contributed by atoms with Gasteiger partial charge in [0, 0.05) is 50.5 Å². The molecule has 354 valence electrons. The highest BCUT2D eigenvalue weighted by Crippen LogP contribution is 2.55. The van der Waals surface area contributed by atoms with Gasteiger partial charge in [-0.15, -0.1) is 0 Å².